The molecule has 5 heteroatoms. The Bertz CT molecular complexity index is 80.0. The highest BCUT2D eigenvalue weighted by molar-refractivity contribution is 8.93. The lowest BCUT2D eigenvalue weighted by atomic mass is 10.5. The van der Waals surface area contributed by atoms with Crippen LogP contribution in [0.3, 0.4) is 0 Å². The molecule has 0 bridgehead atoms. The molecule has 0 amide bonds. The van der Waals surface area contributed by atoms with Gasteiger partial charge in [0.05, 0.1) is 6.42 Å². The van der Waals surface area contributed by atoms with Gasteiger partial charge in [0.15, 0.2) is 0 Å². The Morgan fingerprint density at radius 3 is 2.30 bits per heavy atom. The van der Waals surface area contributed by atoms with Gasteiger partial charge in [0.25, 0.3) is 0 Å². The summed E-state index contributed by atoms with van der Waals surface area (Å²) in [5.74, 6) is 1.05. The normalized spacial score (nSPS) is 7.30. The summed E-state index contributed by atoms with van der Waals surface area (Å²) in [6, 6.07) is 0. The minimum absolute atomic E-state index is 0. The number of hydrogen-bond donors (Lipinski definition) is 1. The second-order valence-electron chi connectivity index (χ2n) is 1.34. The average molecular weight is 296 g/mol. The van der Waals surface area contributed by atoms with Crippen molar-refractivity contribution in [3.8, 4) is 0 Å². The van der Waals surface area contributed by atoms with Crippen LogP contribution in [0.25, 0.3) is 0 Å². The molecule has 0 unspecified atom stereocenters. The van der Waals surface area contributed by atoms with Crippen molar-refractivity contribution in [1.29, 1.82) is 0 Å². The summed E-state index contributed by atoms with van der Waals surface area (Å²) >= 11 is 1.66. The number of carboxylic acids is 1. The predicted molar refractivity (Wildman–Crippen MR) is 55.9 cm³/mol. The topological polar surface area (TPSA) is 37.3 Å². The molecular weight excluding hydrogens is 284 g/mol. The van der Waals surface area contributed by atoms with E-state index in [-0.39, 0.29) is 34.0 Å². The first kappa shape index (κ1) is 17.0. The van der Waals surface area contributed by atoms with E-state index < -0.39 is 5.97 Å². The van der Waals surface area contributed by atoms with Crippen LogP contribution in [-0.4, -0.2) is 22.6 Å². The highest BCUT2D eigenvalue weighted by Gasteiger charge is 1.92. The number of rotatable bonds is 4. The molecule has 0 fully saturated rings. The summed E-state index contributed by atoms with van der Waals surface area (Å²) in [5, 5.41) is 8.13. The molecule has 10 heavy (non-hydrogen) atoms. The molecule has 0 aliphatic carbocycles. The number of halogens is 2. The number of thioether (sulfide) groups is 1. The van der Waals surface area contributed by atoms with Crippen LogP contribution in [0.4, 0.5) is 0 Å². The molecule has 0 heterocycles. The van der Waals surface area contributed by atoms with Crippen LogP contribution in [-0.2, 0) is 4.79 Å². The Morgan fingerprint density at radius 1 is 1.50 bits per heavy atom. The summed E-state index contributed by atoms with van der Waals surface area (Å²) in [6.45, 7) is 2.02. The lowest BCUT2D eigenvalue weighted by Crippen LogP contribution is -1.95. The zero-order chi connectivity index (χ0) is 6.41. The molecule has 1 N–H and O–H groups in total. The van der Waals surface area contributed by atoms with E-state index in [0.29, 0.717) is 6.42 Å². The van der Waals surface area contributed by atoms with Crippen LogP contribution >= 0.6 is 45.7 Å². The molecule has 0 aliphatic heterocycles. The number of carbonyl (C=O) groups is 1. The van der Waals surface area contributed by atoms with Crippen LogP contribution in [0.5, 0.6) is 0 Å². The minimum atomic E-state index is -0.703. The molecule has 2 nitrogen and oxygen atoms in total. The Balaban J connectivity index is -0.000000245. The van der Waals surface area contributed by atoms with E-state index in [0.717, 1.165) is 11.5 Å². The summed E-state index contributed by atoms with van der Waals surface area (Å²) in [4.78, 5) is 9.86. The van der Waals surface area contributed by atoms with E-state index in [4.69, 9.17) is 5.11 Å². The van der Waals surface area contributed by atoms with Crippen molar-refractivity contribution in [3.05, 3.63) is 0 Å². The third-order valence-corrected chi connectivity index (χ3v) is 1.57. The maximum Gasteiger partial charge on any atom is 0.304 e. The van der Waals surface area contributed by atoms with Gasteiger partial charge in [-0.2, -0.15) is 11.8 Å². The van der Waals surface area contributed by atoms with Crippen molar-refractivity contribution < 1.29 is 9.90 Å². The zero-order valence-electron chi connectivity index (χ0n) is 5.70. The first-order valence-electron chi connectivity index (χ1n) is 2.57. The maximum absolute atomic E-state index is 9.86. The lowest BCUT2D eigenvalue weighted by Gasteiger charge is -1.90. The Kier molecular flexibility index (Phi) is 21.2. The highest BCUT2D eigenvalue weighted by atomic mass is 79.9. The van der Waals surface area contributed by atoms with E-state index >= 15 is 0 Å². The third kappa shape index (κ3) is 15.9. The molecule has 0 atom stereocenters. The van der Waals surface area contributed by atoms with Gasteiger partial charge in [0.1, 0.15) is 0 Å². The number of aliphatic carboxylic acids is 1. The number of hydrogen-bond acceptors (Lipinski definition) is 2. The third-order valence-electron chi connectivity index (χ3n) is 0.664. The van der Waals surface area contributed by atoms with Crippen LogP contribution in [0, 0.1) is 0 Å². The Hall–Kier alpha value is 0.780. The lowest BCUT2D eigenvalue weighted by molar-refractivity contribution is -0.136. The monoisotopic (exact) mass is 294 g/mol. The van der Waals surface area contributed by atoms with Gasteiger partial charge in [-0.1, -0.05) is 6.92 Å². The van der Waals surface area contributed by atoms with Gasteiger partial charge in [-0.15, -0.1) is 34.0 Å². The van der Waals surface area contributed by atoms with Crippen LogP contribution in [0.2, 0.25) is 0 Å². The first-order chi connectivity index (χ1) is 3.77. The van der Waals surface area contributed by atoms with Crippen molar-refractivity contribution >= 4 is 51.7 Å². The van der Waals surface area contributed by atoms with Gasteiger partial charge < -0.3 is 5.11 Å². The van der Waals surface area contributed by atoms with Crippen molar-refractivity contribution in [1.82, 2.24) is 0 Å². The van der Waals surface area contributed by atoms with E-state index in [1.165, 1.54) is 0 Å². The van der Waals surface area contributed by atoms with Crippen LogP contribution < -0.4 is 0 Å². The summed E-state index contributed by atoms with van der Waals surface area (Å²) in [7, 11) is 0. The molecule has 0 saturated heterocycles. The van der Waals surface area contributed by atoms with E-state index in [2.05, 4.69) is 0 Å². The zero-order valence-corrected chi connectivity index (χ0v) is 9.94. The van der Waals surface area contributed by atoms with E-state index in [1.54, 1.807) is 11.8 Å². The summed E-state index contributed by atoms with van der Waals surface area (Å²) in [6.07, 6.45) is 0.290. The first-order valence-corrected chi connectivity index (χ1v) is 3.72. The second-order valence-corrected chi connectivity index (χ2v) is 2.73. The molecule has 0 radical (unpaired) electrons. The molecule has 0 aromatic carbocycles. The van der Waals surface area contributed by atoms with Crippen molar-refractivity contribution in [2.75, 3.05) is 11.5 Å². The van der Waals surface area contributed by atoms with Crippen molar-refractivity contribution in [3.63, 3.8) is 0 Å². The molecule has 64 valence electrons. The van der Waals surface area contributed by atoms with Gasteiger partial charge in [-0.3, -0.25) is 4.79 Å². The summed E-state index contributed by atoms with van der Waals surface area (Å²) < 4.78 is 0. The molecule has 0 aromatic rings. The second kappa shape index (κ2) is 12.5. The molecule has 0 rings (SSSR count). The molecule has 0 spiro atoms. The van der Waals surface area contributed by atoms with Crippen molar-refractivity contribution in [2.24, 2.45) is 0 Å². The molecule has 0 aliphatic rings. The van der Waals surface area contributed by atoms with Gasteiger partial charge in [0.2, 0.25) is 0 Å². The van der Waals surface area contributed by atoms with Gasteiger partial charge in [0, 0.05) is 5.75 Å². The highest BCUT2D eigenvalue weighted by Crippen LogP contribution is 1.99. The quantitative estimate of drug-likeness (QED) is 0.809. The van der Waals surface area contributed by atoms with Gasteiger partial charge >= 0.3 is 5.97 Å². The molecular formula is C5H12Br2O2S. The van der Waals surface area contributed by atoms with Crippen LogP contribution in [0.15, 0.2) is 0 Å². The predicted octanol–water partition coefficient (Wildman–Crippen LogP) is 2.37. The minimum Gasteiger partial charge on any atom is -0.481 e. The van der Waals surface area contributed by atoms with Gasteiger partial charge in [-0.25, -0.2) is 0 Å². The van der Waals surface area contributed by atoms with E-state index in [1.807, 2.05) is 6.92 Å². The average Bonchev–Trinajstić information content (AvgIpc) is 1.66. The van der Waals surface area contributed by atoms with E-state index in [9.17, 15) is 4.79 Å². The summed E-state index contributed by atoms with van der Waals surface area (Å²) in [5.41, 5.74) is 0. The largest absolute Gasteiger partial charge is 0.481 e. The molecule has 0 aromatic heterocycles. The fourth-order valence-electron chi connectivity index (χ4n) is 0.304. The fraction of sp³-hybridized carbons (Fsp3) is 0.800. The van der Waals surface area contributed by atoms with Crippen molar-refractivity contribution in [2.45, 2.75) is 13.3 Å². The van der Waals surface area contributed by atoms with Gasteiger partial charge in [-0.05, 0) is 5.75 Å². The fourth-order valence-corrected chi connectivity index (χ4v) is 0.911. The standard InChI is InChI=1S/C5H10O2S.2BrH/c1-2-8-4-3-5(6)7;;/h2-4H2,1H3,(H,6,7);2*1H. The Morgan fingerprint density at radius 2 is 2.00 bits per heavy atom. The smallest absolute Gasteiger partial charge is 0.304 e. The molecule has 0 saturated carbocycles. The Labute approximate surface area is 86.3 Å². The SMILES string of the molecule is Br.Br.CCSCCC(=O)O. The van der Waals surface area contributed by atoms with Crippen LogP contribution in [0.1, 0.15) is 13.3 Å². The number of carboxylic acid groups (broad SMARTS) is 1. The maximum atomic E-state index is 9.86.